The Labute approximate surface area is 165 Å². The van der Waals surface area contributed by atoms with Gasteiger partial charge in [-0.1, -0.05) is 61.5 Å². The van der Waals surface area contributed by atoms with E-state index in [-0.39, 0.29) is 17.7 Å². The molecule has 1 fully saturated rings. The lowest BCUT2D eigenvalue weighted by atomic mass is 9.86. The van der Waals surface area contributed by atoms with Crippen molar-refractivity contribution in [2.24, 2.45) is 5.92 Å². The van der Waals surface area contributed by atoms with Crippen LogP contribution in [0, 0.1) is 17.2 Å². The second-order valence-corrected chi connectivity index (χ2v) is 7.39. The van der Waals surface area contributed by atoms with Crippen LogP contribution in [0.3, 0.4) is 0 Å². The Morgan fingerprint density at radius 3 is 2.64 bits per heavy atom. The third-order valence-corrected chi connectivity index (χ3v) is 5.00. The van der Waals surface area contributed by atoms with Crippen LogP contribution < -0.4 is 10.6 Å². The number of nitrogens with zero attached hydrogens (tertiary/aromatic N) is 1. The monoisotopic (exact) mass is 373 g/mol. The fraction of sp³-hybridized carbons (Fsp3) is 0.261. The summed E-state index contributed by atoms with van der Waals surface area (Å²) in [6.07, 6.45) is 4.17. The van der Waals surface area contributed by atoms with Crippen molar-refractivity contribution >= 4 is 17.9 Å². The lowest BCUT2D eigenvalue weighted by Crippen LogP contribution is -2.70. The van der Waals surface area contributed by atoms with Crippen molar-refractivity contribution in [3.63, 3.8) is 0 Å². The topological polar surface area (TPSA) is 82.0 Å². The van der Waals surface area contributed by atoms with Gasteiger partial charge in [0.1, 0.15) is 11.6 Å². The quantitative estimate of drug-likeness (QED) is 0.845. The van der Waals surface area contributed by atoms with Gasteiger partial charge in [0.15, 0.2) is 0 Å². The van der Waals surface area contributed by atoms with Crippen molar-refractivity contribution in [1.29, 1.82) is 5.26 Å². The molecule has 1 saturated heterocycles. The maximum Gasteiger partial charge on any atom is 0.246 e. The molecule has 3 unspecified atom stereocenters. The minimum Gasteiger partial charge on any atom is -0.342 e. The van der Waals surface area contributed by atoms with E-state index < -0.39 is 11.6 Å². The normalized spacial score (nSPS) is 23.0. The van der Waals surface area contributed by atoms with E-state index >= 15 is 0 Å². The van der Waals surface area contributed by atoms with Gasteiger partial charge in [0.25, 0.3) is 0 Å². The molecule has 1 aliphatic heterocycles. The standard InChI is InChI=1S/C23H23N3O2/c1-16(11-12-17-9-6-10-19(13-17)15-24)20-21(27)26-23(2,22(28)25-20)14-18-7-4-3-5-8-18/h3-13,16,20H,14H2,1-2H3,(H,25,28)(H,26,27). The predicted molar refractivity (Wildman–Crippen MR) is 108 cm³/mol. The molecule has 0 radical (unpaired) electrons. The second kappa shape index (κ2) is 8.10. The molecule has 3 atom stereocenters. The number of nitriles is 1. The summed E-state index contributed by atoms with van der Waals surface area (Å²) >= 11 is 0. The van der Waals surface area contributed by atoms with Crippen LogP contribution in [-0.4, -0.2) is 23.4 Å². The molecule has 2 aromatic rings. The molecule has 0 saturated carbocycles. The molecule has 28 heavy (non-hydrogen) atoms. The van der Waals surface area contributed by atoms with Crippen LogP contribution in [0.1, 0.15) is 30.5 Å². The van der Waals surface area contributed by atoms with Gasteiger partial charge in [0.05, 0.1) is 11.6 Å². The molecule has 142 valence electrons. The average molecular weight is 373 g/mol. The lowest BCUT2D eigenvalue weighted by Gasteiger charge is -2.39. The molecule has 1 aliphatic rings. The molecule has 5 heteroatoms. The maximum atomic E-state index is 12.8. The van der Waals surface area contributed by atoms with E-state index in [4.69, 9.17) is 5.26 Å². The van der Waals surface area contributed by atoms with Crippen LogP contribution in [0.2, 0.25) is 0 Å². The zero-order valence-electron chi connectivity index (χ0n) is 16.0. The fourth-order valence-electron chi connectivity index (χ4n) is 3.36. The highest BCUT2D eigenvalue weighted by atomic mass is 16.2. The Balaban J connectivity index is 1.69. The Kier molecular flexibility index (Phi) is 5.60. The summed E-state index contributed by atoms with van der Waals surface area (Å²) < 4.78 is 0. The van der Waals surface area contributed by atoms with E-state index in [2.05, 4.69) is 16.7 Å². The van der Waals surface area contributed by atoms with Crippen molar-refractivity contribution in [3.05, 3.63) is 77.4 Å². The van der Waals surface area contributed by atoms with Crippen LogP contribution in [0.5, 0.6) is 0 Å². The van der Waals surface area contributed by atoms with Crippen LogP contribution in [0.4, 0.5) is 0 Å². The summed E-state index contributed by atoms with van der Waals surface area (Å²) in [5, 5.41) is 14.8. The molecule has 0 aromatic heterocycles. The van der Waals surface area contributed by atoms with Gasteiger partial charge in [-0.05, 0) is 30.2 Å². The summed E-state index contributed by atoms with van der Waals surface area (Å²) in [5.41, 5.74) is 1.47. The highest BCUT2D eigenvalue weighted by Crippen LogP contribution is 2.20. The smallest absolute Gasteiger partial charge is 0.246 e. The fourth-order valence-corrected chi connectivity index (χ4v) is 3.36. The molecule has 3 rings (SSSR count). The van der Waals surface area contributed by atoms with Gasteiger partial charge in [-0.25, -0.2) is 0 Å². The summed E-state index contributed by atoms with van der Waals surface area (Å²) in [6.45, 7) is 3.63. The van der Waals surface area contributed by atoms with E-state index in [0.29, 0.717) is 12.0 Å². The van der Waals surface area contributed by atoms with E-state index in [9.17, 15) is 9.59 Å². The Morgan fingerprint density at radius 1 is 1.18 bits per heavy atom. The zero-order chi connectivity index (χ0) is 20.1. The predicted octanol–water partition coefficient (Wildman–Crippen LogP) is 2.82. The molecule has 2 N–H and O–H groups in total. The molecule has 1 heterocycles. The number of benzene rings is 2. The Hall–Kier alpha value is -3.39. The molecule has 0 aliphatic carbocycles. The molecule has 0 spiro atoms. The Morgan fingerprint density at radius 2 is 1.93 bits per heavy atom. The summed E-state index contributed by atoms with van der Waals surface area (Å²) in [6, 6.07) is 18.3. The van der Waals surface area contributed by atoms with Gasteiger partial charge in [-0.3, -0.25) is 9.59 Å². The van der Waals surface area contributed by atoms with E-state index in [0.717, 1.165) is 11.1 Å². The van der Waals surface area contributed by atoms with E-state index in [1.54, 1.807) is 19.1 Å². The van der Waals surface area contributed by atoms with Crippen molar-refractivity contribution < 1.29 is 9.59 Å². The summed E-state index contributed by atoms with van der Waals surface area (Å²) in [5.74, 6) is -0.579. The van der Waals surface area contributed by atoms with Gasteiger partial charge in [0, 0.05) is 12.3 Å². The molecular weight excluding hydrogens is 350 g/mol. The van der Waals surface area contributed by atoms with E-state index in [1.807, 2.05) is 61.5 Å². The van der Waals surface area contributed by atoms with Crippen LogP contribution in [0.15, 0.2) is 60.7 Å². The number of amides is 2. The van der Waals surface area contributed by atoms with Crippen LogP contribution >= 0.6 is 0 Å². The van der Waals surface area contributed by atoms with Gasteiger partial charge >= 0.3 is 0 Å². The first-order valence-electron chi connectivity index (χ1n) is 9.26. The van der Waals surface area contributed by atoms with Gasteiger partial charge in [-0.2, -0.15) is 5.26 Å². The zero-order valence-corrected chi connectivity index (χ0v) is 16.0. The van der Waals surface area contributed by atoms with Gasteiger partial charge in [0.2, 0.25) is 11.8 Å². The number of rotatable bonds is 5. The maximum absolute atomic E-state index is 12.8. The number of hydrogen-bond donors (Lipinski definition) is 2. The minimum atomic E-state index is -0.973. The number of hydrogen-bond acceptors (Lipinski definition) is 3. The SMILES string of the molecule is CC(C=Cc1cccc(C#N)c1)C1NC(=O)C(C)(Cc2ccccc2)NC1=O. The first kappa shape index (κ1) is 19.4. The van der Waals surface area contributed by atoms with Crippen molar-refractivity contribution in [2.45, 2.75) is 31.8 Å². The summed E-state index contributed by atoms with van der Waals surface area (Å²) in [4.78, 5) is 25.4. The average Bonchev–Trinajstić information content (AvgIpc) is 2.69. The first-order valence-corrected chi connectivity index (χ1v) is 9.26. The van der Waals surface area contributed by atoms with Crippen LogP contribution in [-0.2, 0) is 16.0 Å². The first-order chi connectivity index (χ1) is 13.4. The highest BCUT2D eigenvalue weighted by molar-refractivity contribution is 6.00. The summed E-state index contributed by atoms with van der Waals surface area (Å²) in [7, 11) is 0. The number of nitrogens with one attached hydrogen (secondary N) is 2. The molecule has 5 nitrogen and oxygen atoms in total. The molecular formula is C23H23N3O2. The largest absolute Gasteiger partial charge is 0.342 e. The number of carbonyl (C=O) groups excluding carboxylic acids is 2. The van der Waals surface area contributed by atoms with Crippen molar-refractivity contribution in [2.75, 3.05) is 0 Å². The second-order valence-electron chi connectivity index (χ2n) is 7.39. The van der Waals surface area contributed by atoms with Gasteiger partial charge in [-0.15, -0.1) is 0 Å². The molecule has 2 aromatic carbocycles. The van der Waals surface area contributed by atoms with Crippen molar-refractivity contribution in [1.82, 2.24) is 10.6 Å². The van der Waals surface area contributed by atoms with Crippen molar-refractivity contribution in [3.8, 4) is 6.07 Å². The van der Waals surface area contributed by atoms with Crippen LogP contribution in [0.25, 0.3) is 6.08 Å². The Bertz CT molecular complexity index is 946. The molecule has 0 bridgehead atoms. The molecule has 2 amide bonds. The lowest BCUT2D eigenvalue weighted by molar-refractivity contribution is -0.141. The van der Waals surface area contributed by atoms with E-state index in [1.165, 1.54) is 0 Å². The minimum absolute atomic E-state index is 0.187. The third kappa shape index (κ3) is 4.29. The number of piperazine rings is 1. The highest BCUT2D eigenvalue weighted by Gasteiger charge is 2.44. The third-order valence-electron chi connectivity index (χ3n) is 5.00. The van der Waals surface area contributed by atoms with Gasteiger partial charge < -0.3 is 10.6 Å². The number of carbonyl (C=O) groups is 2.